The van der Waals surface area contributed by atoms with E-state index in [4.69, 9.17) is 0 Å². The Hall–Kier alpha value is -0.630. The average Bonchev–Trinajstić information content (AvgIpc) is 2.13. The Morgan fingerprint density at radius 2 is 1.62 bits per heavy atom. The molecular formula is C8H7F4P. The van der Waals surface area contributed by atoms with Crippen molar-refractivity contribution in [2.45, 2.75) is 13.6 Å². The molecule has 0 aliphatic rings. The third kappa shape index (κ3) is 1.55. The van der Waals surface area contributed by atoms with Gasteiger partial charge in [-0.25, -0.2) is 17.6 Å². The van der Waals surface area contributed by atoms with E-state index < -0.39 is 35.0 Å². The number of hydrogen-bond donors (Lipinski definition) is 0. The third-order valence-corrected chi connectivity index (χ3v) is 2.30. The molecule has 0 heterocycles. The first-order valence-corrected chi connectivity index (χ1v) is 4.05. The highest BCUT2D eigenvalue weighted by Gasteiger charge is 2.19. The Kier molecular flexibility index (Phi) is 2.91. The standard InChI is InChI=1S/C8H7F4P/c1-3-5(10)4(2-9)7(12)8(13)6(3)11/h2,13H2,1H3. The Bertz CT molecular complexity index is 319. The SMILES string of the molecule is Cc1c(F)c(P)c(F)c(CF)c1F. The zero-order valence-electron chi connectivity index (χ0n) is 6.80. The van der Waals surface area contributed by atoms with Crippen molar-refractivity contribution in [3.05, 3.63) is 28.6 Å². The smallest absolute Gasteiger partial charge is 0.142 e. The fourth-order valence-corrected chi connectivity index (χ4v) is 1.39. The van der Waals surface area contributed by atoms with Gasteiger partial charge in [0.25, 0.3) is 0 Å². The molecule has 0 aliphatic carbocycles. The van der Waals surface area contributed by atoms with Crippen LogP contribution in [-0.2, 0) is 6.67 Å². The number of rotatable bonds is 1. The first-order chi connectivity index (χ1) is 6.00. The molecule has 0 N–H and O–H groups in total. The van der Waals surface area contributed by atoms with Crippen molar-refractivity contribution in [3.63, 3.8) is 0 Å². The molecule has 0 saturated carbocycles. The summed E-state index contributed by atoms with van der Waals surface area (Å²) in [6.45, 7) is -0.142. The molecule has 0 fully saturated rings. The molecule has 1 unspecified atom stereocenters. The van der Waals surface area contributed by atoms with E-state index in [1.54, 1.807) is 9.24 Å². The lowest BCUT2D eigenvalue weighted by Gasteiger charge is -2.08. The number of hydrogen-bond acceptors (Lipinski definition) is 0. The van der Waals surface area contributed by atoms with E-state index in [-0.39, 0.29) is 5.56 Å². The molecule has 1 aromatic rings. The van der Waals surface area contributed by atoms with E-state index in [0.717, 1.165) is 6.92 Å². The van der Waals surface area contributed by atoms with Gasteiger partial charge in [-0.05, 0) is 6.92 Å². The summed E-state index contributed by atoms with van der Waals surface area (Å²) in [4.78, 5) is 0. The maximum atomic E-state index is 13.0. The van der Waals surface area contributed by atoms with Gasteiger partial charge in [-0.1, -0.05) is 9.24 Å². The van der Waals surface area contributed by atoms with Crippen LogP contribution in [0.4, 0.5) is 17.6 Å². The highest BCUT2D eigenvalue weighted by atomic mass is 31.0. The van der Waals surface area contributed by atoms with Crippen LogP contribution in [0.1, 0.15) is 11.1 Å². The minimum Gasteiger partial charge on any atom is -0.246 e. The normalized spacial score (nSPS) is 10.6. The Morgan fingerprint density at radius 1 is 1.08 bits per heavy atom. The lowest BCUT2D eigenvalue weighted by atomic mass is 10.1. The highest BCUT2D eigenvalue weighted by molar-refractivity contribution is 7.27. The van der Waals surface area contributed by atoms with Crippen molar-refractivity contribution in [2.24, 2.45) is 0 Å². The number of halogens is 4. The predicted octanol–water partition coefficient (Wildman–Crippen LogP) is 2.38. The van der Waals surface area contributed by atoms with Crippen LogP contribution in [0, 0.1) is 24.4 Å². The van der Waals surface area contributed by atoms with Gasteiger partial charge in [0.2, 0.25) is 0 Å². The second-order valence-corrected chi connectivity index (χ2v) is 3.17. The molecule has 0 aliphatic heterocycles. The second kappa shape index (κ2) is 3.62. The fraction of sp³-hybridized carbons (Fsp3) is 0.250. The highest BCUT2D eigenvalue weighted by Crippen LogP contribution is 2.20. The topological polar surface area (TPSA) is 0 Å². The summed E-state index contributed by atoms with van der Waals surface area (Å²) in [5.74, 6) is -3.31. The Balaban J connectivity index is 3.56. The molecular weight excluding hydrogens is 203 g/mol. The first-order valence-electron chi connectivity index (χ1n) is 3.48. The minimum atomic E-state index is -1.28. The minimum absolute atomic E-state index is 0.362. The number of benzene rings is 1. The van der Waals surface area contributed by atoms with Crippen molar-refractivity contribution in [2.75, 3.05) is 0 Å². The van der Waals surface area contributed by atoms with Crippen LogP contribution < -0.4 is 5.30 Å². The molecule has 0 saturated heterocycles. The van der Waals surface area contributed by atoms with Gasteiger partial charge >= 0.3 is 0 Å². The summed E-state index contributed by atoms with van der Waals surface area (Å²) in [6.07, 6.45) is 0. The molecule has 1 aromatic carbocycles. The van der Waals surface area contributed by atoms with Crippen LogP contribution in [0.5, 0.6) is 0 Å². The number of alkyl halides is 1. The summed E-state index contributed by atoms with van der Waals surface area (Å²) in [7, 11) is 1.78. The average molecular weight is 210 g/mol. The first kappa shape index (κ1) is 10.5. The summed E-state index contributed by atoms with van der Waals surface area (Å²) in [6, 6.07) is 0. The van der Waals surface area contributed by atoms with E-state index in [0.29, 0.717) is 0 Å². The molecule has 72 valence electrons. The quantitative estimate of drug-likeness (QED) is 0.493. The molecule has 0 amide bonds. The van der Waals surface area contributed by atoms with E-state index >= 15 is 0 Å². The molecule has 0 nitrogen and oxygen atoms in total. The maximum absolute atomic E-state index is 13.0. The summed E-state index contributed by atoms with van der Waals surface area (Å²) < 4.78 is 51.0. The molecule has 0 bridgehead atoms. The summed E-state index contributed by atoms with van der Waals surface area (Å²) >= 11 is 0. The van der Waals surface area contributed by atoms with Crippen molar-refractivity contribution >= 4 is 14.5 Å². The van der Waals surface area contributed by atoms with Gasteiger partial charge in [0.05, 0.1) is 5.56 Å². The second-order valence-electron chi connectivity index (χ2n) is 2.59. The predicted molar refractivity (Wildman–Crippen MR) is 45.2 cm³/mol. The zero-order chi connectivity index (χ0) is 10.2. The lowest BCUT2D eigenvalue weighted by Crippen LogP contribution is -2.13. The molecule has 0 spiro atoms. The van der Waals surface area contributed by atoms with E-state index in [1.807, 2.05) is 0 Å². The van der Waals surface area contributed by atoms with Crippen molar-refractivity contribution in [1.82, 2.24) is 0 Å². The van der Waals surface area contributed by atoms with E-state index in [9.17, 15) is 17.6 Å². The summed E-state index contributed by atoms with van der Waals surface area (Å²) in [5.41, 5.74) is -1.08. The van der Waals surface area contributed by atoms with Gasteiger partial charge in [0, 0.05) is 10.9 Å². The van der Waals surface area contributed by atoms with Crippen LogP contribution >= 0.6 is 9.24 Å². The van der Waals surface area contributed by atoms with Gasteiger partial charge < -0.3 is 0 Å². The van der Waals surface area contributed by atoms with E-state index in [1.165, 1.54) is 0 Å². The molecule has 0 aromatic heterocycles. The van der Waals surface area contributed by atoms with Crippen LogP contribution in [-0.4, -0.2) is 0 Å². The van der Waals surface area contributed by atoms with Gasteiger partial charge in [0.1, 0.15) is 24.1 Å². The Morgan fingerprint density at radius 3 is 2.08 bits per heavy atom. The molecule has 1 rings (SSSR count). The molecule has 0 radical (unpaired) electrons. The van der Waals surface area contributed by atoms with Gasteiger partial charge in [-0.2, -0.15) is 0 Å². The molecule has 1 atom stereocenters. The van der Waals surface area contributed by atoms with Gasteiger partial charge in [-0.3, -0.25) is 0 Å². The van der Waals surface area contributed by atoms with Crippen LogP contribution in [0.25, 0.3) is 0 Å². The lowest BCUT2D eigenvalue weighted by molar-refractivity contribution is 0.434. The summed E-state index contributed by atoms with van der Waals surface area (Å²) in [5, 5.41) is -0.424. The van der Waals surface area contributed by atoms with Gasteiger partial charge in [-0.15, -0.1) is 0 Å². The van der Waals surface area contributed by atoms with E-state index in [2.05, 4.69) is 0 Å². The Labute approximate surface area is 75.2 Å². The van der Waals surface area contributed by atoms with Gasteiger partial charge in [0.15, 0.2) is 0 Å². The van der Waals surface area contributed by atoms with Crippen molar-refractivity contribution in [1.29, 1.82) is 0 Å². The fourth-order valence-electron chi connectivity index (χ4n) is 0.997. The zero-order valence-corrected chi connectivity index (χ0v) is 7.95. The van der Waals surface area contributed by atoms with Crippen molar-refractivity contribution in [3.8, 4) is 0 Å². The van der Waals surface area contributed by atoms with Crippen LogP contribution in [0.3, 0.4) is 0 Å². The van der Waals surface area contributed by atoms with Crippen LogP contribution in [0.2, 0.25) is 0 Å². The molecule has 13 heavy (non-hydrogen) atoms. The third-order valence-electron chi connectivity index (χ3n) is 1.79. The van der Waals surface area contributed by atoms with Crippen LogP contribution in [0.15, 0.2) is 0 Å². The molecule has 5 heteroatoms. The van der Waals surface area contributed by atoms with Crippen molar-refractivity contribution < 1.29 is 17.6 Å². The monoisotopic (exact) mass is 210 g/mol. The largest absolute Gasteiger partial charge is 0.246 e. The maximum Gasteiger partial charge on any atom is 0.142 e.